The number of nitrogens with zero attached hydrogens (tertiary/aromatic N) is 3. The minimum atomic E-state index is -3.24. The number of aromatic nitrogens is 1. The van der Waals surface area contributed by atoms with Crippen molar-refractivity contribution in [3.63, 3.8) is 0 Å². The van der Waals surface area contributed by atoms with Crippen LogP contribution in [0.4, 0.5) is 5.82 Å². The molecular weight excluding hydrogens is 358 g/mol. The fraction of sp³-hybridized carbons (Fsp3) is 0.476. The van der Waals surface area contributed by atoms with E-state index in [1.807, 2.05) is 30.3 Å². The summed E-state index contributed by atoms with van der Waals surface area (Å²) in [5.41, 5.74) is 2.18. The molecule has 1 aromatic carbocycles. The van der Waals surface area contributed by atoms with Gasteiger partial charge in [0.2, 0.25) is 10.0 Å². The quantitative estimate of drug-likeness (QED) is 0.811. The van der Waals surface area contributed by atoms with E-state index in [1.165, 1.54) is 6.26 Å². The van der Waals surface area contributed by atoms with Crippen molar-refractivity contribution in [2.75, 3.05) is 30.8 Å². The van der Waals surface area contributed by atoms with Crippen LogP contribution in [0.3, 0.4) is 0 Å². The molecule has 0 N–H and O–H groups in total. The minimum Gasteiger partial charge on any atom is -0.356 e. The van der Waals surface area contributed by atoms with Gasteiger partial charge in [-0.2, -0.15) is 4.31 Å². The smallest absolute Gasteiger partial charge is 0.211 e. The van der Waals surface area contributed by atoms with Gasteiger partial charge < -0.3 is 4.90 Å². The van der Waals surface area contributed by atoms with Crippen molar-refractivity contribution in [1.29, 1.82) is 0 Å². The van der Waals surface area contributed by atoms with Crippen molar-refractivity contribution in [2.45, 2.75) is 25.8 Å². The van der Waals surface area contributed by atoms with Gasteiger partial charge in [-0.25, -0.2) is 13.4 Å². The van der Waals surface area contributed by atoms with Gasteiger partial charge in [0.15, 0.2) is 0 Å². The first-order valence-electron chi connectivity index (χ1n) is 9.58. The number of fused-ring (bicyclic) bond motifs is 1. The maximum Gasteiger partial charge on any atom is 0.211 e. The summed E-state index contributed by atoms with van der Waals surface area (Å²) in [6.45, 7) is 6.59. The largest absolute Gasteiger partial charge is 0.356 e. The Bertz CT molecular complexity index is 914. The van der Waals surface area contributed by atoms with Gasteiger partial charge in [0, 0.05) is 31.2 Å². The molecule has 0 saturated carbocycles. The molecule has 3 atom stereocenters. The van der Waals surface area contributed by atoms with Gasteiger partial charge in [0.1, 0.15) is 5.82 Å². The molecule has 0 amide bonds. The zero-order chi connectivity index (χ0) is 19.2. The first-order chi connectivity index (χ1) is 12.8. The number of pyridine rings is 1. The van der Waals surface area contributed by atoms with Crippen LogP contribution in [0.15, 0.2) is 48.5 Å². The lowest BCUT2D eigenvalue weighted by Gasteiger charge is -2.28. The second kappa shape index (κ2) is 6.91. The van der Waals surface area contributed by atoms with Gasteiger partial charge in [0.05, 0.1) is 12.3 Å². The Morgan fingerprint density at radius 3 is 2.41 bits per heavy atom. The van der Waals surface area contributed by atoms with Crippen LogP contribution in [0.1, 0.15) is 37.1 Å². The molecular formula is C21H27N3O2S. The van der Waals surface area contributed by atoms with E-state index >= 15 is 0 Å². The van der Waals surface area contributed by atoms with Crippen molar-refractivity contribution < 1.29 is 8.42 Å². The highest BCUT2D eigenvalue weighted by atomic mass is 32.2. The molecule has 2 aromatic rings. The first-order valence-corrected chi connectivity index (χ1v) is 11.4. The van der Waals surface area contributed by atoms with E-state index in [-0.39, 0.29) is 12.0 Å². The van der Waals surface area contributed by atoms with Gasteiger partial charge in [-0.1, -0.05) is 50.2 Å². The van der Waals surface area contributed by atoms with Crippen molar-refractivity contribution >= 4 is 15.8 Å². The zero-order valence-electron chi connectivity index (χ0n) is 16.1. The summed E-state index contributed by atoms with van der Waals surface area (Å²) in [6, 6.07) is 16.2. The van der Waals surface area contributed by atoms with Gasteiger partial charge in [-0.05, 0) is 29.5 Å². The Hall–Kier alpha value is -1.92. The summed E-state index contributed by atoms with van der Waals surface area (Å²) in [4.78, 5) is 7.17. The summed E-state index contributed by atoms with van der Waals surface area (Å²) in [6.07, 6.45) is 1.33. The van der Waals surface area contributed by atoms with Gasteiger partial charge in [-0.15, -0.1) is 0 Å². The fourth-order valence-electron chi connectivity index (χ4n) is 4.54. The molecule has 0 aliphatic carbocycles. The molecule has 5 nitrogen and oxygen atoms in total. The Labute approximate surface area is 162 Å². The second-order valence-electron chi connectivity index (χ2n) is 8.09. The number of hydrogen-bond donors (Lipinski definition) is 0. The topological polar surface area (TPSA) is 53.5 Å². The molecule has 0 bridgehead atoms. The lowest BCUT2D eigenvalue weighted by molar-refractivity contribution is 0.352. The SMILES string of the molecule is CC(C)c1cccc(N2C[C@@H]3CN(S(C)(=O)=O)[C@@H](c4ccccc4)[C@@H]3C2)n1. The lowest BCUT2D eigenvalue weighted by atomic mass is 9.90. The zero-order valence-corrected chi connectivity index (χ0v) is 16.9. The van der Waals surface area contributed by atoms with Gasteiger partial charge in [0.25, 0.3) is 0 Å². The molecule has 2 aliphatic rings. The van der Waals surface area contributed by atoms with E-state index in [0.717, 1.165) is 30.2 Å². The number of rotatable bonds is 4. The monoisotopic (exact) mass is 385 g/mol. The highest BCUT2D eigenvalue weighted by Crippen LogP contribution is 2.46. The summed E-state index contributed by atoms with van der Waals surface area (Å²) in [5.74, 6) is 2.01. The summed E-state index contributed by atoms with van der Waals surface area (Å²) < 4.78 is 26.5. The Morgan fingerprint density at radius 2 is 1.74 bits per heavy atom. The molecule has 2 fully saturated rings. The Kier molecular flexibility index (Phi) is 4.72. The predicted molar refractivity (Wildman–Crippen MR) is 108 cm³/mol. The van der Waals surface area contributed by atoms with Crippen molar-refractivity contribution in [3.05, 3.63) is 59.8 Å². The molecule has 27 heavy (non-hydrogen) atoms. The number of hydrogen-bond acceptors (Lipinski definition) is 4. The standard InChI is InChI=1S/C21H27N3O2S/c1-15(2)19-10-7-11-20(22-19)23-12-17-13-24(27(3,25)26)21(18(17)14-23)16-8-5-4-6-9-16/h4-11,15,17-18,21H,12-14H2,1-3H3/t17-,18-,21+/m1/s1. The molecule has 0 unspecified atom stereocenters. The van der Waals surface area contributed by atoms with E-state index in [9.17, 15) is 8.42 Å². The van der Waals surface area contributed by atoms with Crippen molar-refractivity contribution in [1.82, 2.24) is 9.29 Å². The molecule has 1 aromatic heterocycles. The number of anilines is 1. The lowest BCUT2D eigenvalue weighted by Crippen LogP contribution is -2.35. The second-order valence-corrected chi connectivity index (χ2v) is 10.0. The summed E-state index contributed by atoms with van der Waals surface area (Å²) in [7, 11) is -3.24. The first kappa shape index (κ1) is 18.4. The van der Waals surface area contributed by atoms with Crippen LogP contribution in [0.25, 0.3) is 0 Å². The third-order valence-electron chi connectivity index (χ3n) is 5.86. The van der Waals surface area contributed by atoms with Gasteiger partial charge in [-0.3, -0.25) is 0 Å². The normalized spacial score (nSPS) is 25.9. The van der Waals surface area contributed by atoms with Crippen LogP contribution in [0.2, 0.25) is 0 Å². The van der Waals surface area contributed by atoms with Gasteiger partial charge >= 0.3 is 0 Å². The average molecular weight is 386 g/mol. The van der Waals surface area contributed by atoms with Crippen LogP contribution in [0.5, 0.6) is 0 Å². The maximum atomic E-state index is 12.4. The van der Waals surface area contributed by atoms with E-state index in [1.54, 1.807) is 4.31 Å². The maximum absolute atomic E-state index is 12.4. The molecule has 2 saturated heterocycles. The Balaban J connectivity index is 1.64. The number of benzene rings is 1. The molecule has 2 aliphatic heterocycles. The van der Waals surface area contributed by atoms with E-state index < -0.39 is 10.0 Å². The third kappa shape index (κ3) is 3.48. The molecule has 6 heteroatoms. The molecule has 0 spiro atoms. The van der Waals surface area contributed by atoms with E-state index in [4.69, 9.17) is 4.98 Å². The highest BCUT2D eigenvalue weighted by molar-refractivity contribution is 7.88. The fourth-order valence-corrected chi connectivity index (χ4v) is 5.69. The van der Waals surface area contributed by atoms with E-state index in [2.05, 4.69) is 36.9 Å². The van der Waals surface area contributed by atoms with Crippen LogP contribution in [0, 0.1) is 11.8 Å². The predicted octanol–water partition coefficient (Wildman–Crippen LogP) is 3.27. The molecule has 144 valence electrons. The van der Waals surface area contributed by atoms with Crippen LogP contribution in [-0.2, 0) is 10.0 Å². The van der Waals surface area contributed by atoms with E-state index in [0.29, 0.717) is 18.4 Å². The minimum absolute atomic E-state index is 0.0931. The van der Waals surface area contributed by atoms with Crippen LogP contribution < -0.4 is 4.90 Å². The van der Waals surface area contributed by atoms with Crippen LogP contribution in [-0.4, -0.2) is 43.6 Å². The highest BCUT2D eigenvalue weighted by Gasteiger charge is 2.50. The van der Waals surface area contributed by atoms with Crippen molar-refractivity contribution in [3.8, 4) is 0 Å². The molecule has 0 radical (unpaired) electrons. The number of sulfonamides is 1. The molecule has 3 heterocycles. The Morgan fingerprint density at radius 1 is 1.00 bits per heavy atom. The summed E-state index contributed by atoms with van der Waals surface area (Å²) >= 11 is 0. The van der Waals surface area contributed by atoms with Crippen molar-refractivity contribution in [2.24, 2.45) is 11.8 Å². The van der Waals surface area contributed by atoms with Crippen LogP contribution >= 0.6 is 0 Å². The average Bonchev–Trinajstić information content (AvgIpc) is 3.20. The third-order valence-corrected chi connectivity index (χ3v) is 7.09. The summed E-state index contributed by atoms with van der Waals surface area (Å²) in [5, 5.41) is 0. The molecule has 4 rings (SSSR count).